The normalized spacial score (nSPS) is 20.8. The number of hydrogen-bond donors (Lipinski definition) is 1. The largest absolute Gasteiger partial charge is 0.286 e. The van der Waals surface area contributed by atoms with Crippen LogP contribution >= 0.6 is 0 Å². The fraction of sp³-hybridized carbons (Fsp3) is 0.667. The van der Waals surface area contributed by atoms with Gasteiger partial charge in [-0.1, -0.05) is 0 Å². The van der Waals surface area contributed by atoms with Gasteiger partial charge in [-0.3, -0.25) is 10.0 Å². The zero-order valence-corrected chi connectivity index (χ0v) is 3.22. The highest BCUT2D eigenvalue weighted by molar-refractivity contribution is 5.80. The summed E-state index contributed by atoms with van der Waals surface area (Å²) < 4.78 is 0. The Kier molecular flexibility index (Phi) is 0.569. The van der Waals surface area contributed by atoms with Crippen molar-refractivity contribution in [2.24, 2.45) is 0 Å². The fourth-order valence-electron chi connectivity index (χ4n) is 0.303. The highest BCUT2D eigenvalue weighted by Crippen LogP contribution is 2.01. The molecule has 1 heterocycles. The van der Waals surface area contributed by atoms with Crippen molar-refractivity contribution in [1.82, 2.24) is 5.06 Å². The molecule has 0 aromatic carbocycles. The third kappa shape index (κ3) is 0.285. The number of carbonyl (C=O) groups is 1. The SMILES string of the molecule is O=C1CCN1O. The summed E-state index contributed by atoms with van der Waals surface area (Å²) in [5.41, 5.74) is 0. The smallest absolute Gasteiger partial charge is 0.247 e. The molecule has 0 aliphatic carbocycles. The number of β-lactam (4-membered cyclic amide) rings is 1. The van der Waals surface area contributed by atoms with Gasteiger partial charge in [0.1, 0.15) is 0 Å². The monoisotopic (exact) mass is 87.0 g/mol. The molecule has 1 rings (SSSR count). The second-order valence-corrected chi connectivity index (χ2v) is 1.27. The molecule has 3 heteroatoms. The zero-order chi connectivity index (χ0) is 4.57. The minimum Gasteiger partial charge on any atom is -0.286 e. The quantitative estimate of drug-likeness (QED) is 0.323. The molecule has 1 N–H and O–H groups in total. The van der Waals surface area contributed by atoms with E-state index in [1.807, 2.05) is 0 Å². The van der Waals surface area contributed by atoms with Crippen LogP contribution in [0.1, 0.15) is 6.42 Å². The lowest BCUT2D eigenvalue weighted by atomic mass is 10.3. The van der Waals surface area contributed by atoms with Gasteiger partial charge in [0.05, 0.1) is 6.54 Å². The number of hydrogen-bond acceptors (Lipinski definition) is 2. The third-order valence-corrected chi connectivity index (χ3v) is 0.825. The van der Waals surface area contributed by atoms with E-state index in [9.17, 15) is 4.79 Å². The van der Waals surface area contributed by atoms with E-state index in [0.29, 0.717) is 18.0 Å². The molecule has 34 valence electrons. The molecule has 6 heavy (non-hydrogen) atoms. The Bertz CT molecular complexity index is 80.9. The van der Waals surface area contributed by atoms with E-state index < -0.39 is 0 Å². The molecule has 1 amide bonds. The maximum atomic E-state index is 9.91. The Morgan fingerprint density at radius 3 is 2.33 bits per heavy atom. The molecule has 0 atom stereocenters. The van der Waals surface area contributed by atoms with Crippen LogP contribution in [0.25, 0.3) is 0 Å². The third-order valence-electron chi connectivity index (χ3n) is 0.825. The average Bonchev–Trinajstić information content (AvgIpc) is 1.61. The molecule has 0 spiro atoms. The topological polar surface area (TPSA) is 40.5 Å². The first kappa shape index (κ1) is 3.61. The molecular weight excluding hydrogens is 82.0 g/mol. The summed E-state index contributed by atoms with van der Waals surface area (Å²) in [5, 5.41) is 8.91. The predicted molar refractivity (Wildman–Crippen MR) is 18.1 cm³/mol. The number of carbonyl (C=O) groups excluding carboxylic acids is 1. The number of nitrogens with zero attached hydrogens (tertiary/aromatic N) is 1. The minimum absolute atomic E-state index is 0.171. The van der Waals surface area contributed by atoms with E-state index in [-0.39, 0.29) is 5.91 Å². The van der Waals surface area contributed by atoms with E-state index in [1.54, 1.807) is 0 Å². The highest BCUT2D eigenvalue weighted by atomic mass is 16.5. The van der Waals surface area contributed by atoms with Crippen LogP contribution in [0.5, 0.6) is 0 Å². The van der Waals surface area contributed by atoms with E-state index in [2.05, 4.69) is 0 Å². The van der Waals surface area contributed by atoms with E-state index in [4.69, 9.17) is 5.21 Å². The van der Waals surface area contributed by atoms with Crippen LogP contribution in [0, 0.1) is 0 Å². The summed E-state index contributed by atoms with van der Waals surface area (Å²) in [6.45, 7) is 0.513. The molecule has 1 saturated heterocycles. The standard InChI is InChI=1S/C3H5NO2/c5-3-1-2-4(3)6/h6H,1-2H2. The van der Waals surface area contributed by atoms with Crippen molar-refractivity contribution in [3.05, 3.63) is 0 Å². The van der Waals surface area contributed by atoms with Crippen molar-refractivity contribution in [2.75, 3.05) is 6.54 Å². The van der Waals surface area contributed by atoms with Crippen LogP contribution in [0.3, 0.4) is 0 Å². The summed E-state index contributed by atoms with van der Waals surface area (Å²) >= 11 is 0. The Balaban J connectivity index is 2.39. The van der Waals surface area contributed by atoms with Crippen molar-refractivity contribution in [2.45, 2.75) is 6.42 Å². The van der Waals surface area contributed by atoms with Crippen LogP contribution in [-0.4, -0.2) is 22.7 Å². The maximum Gasteiger partial charge on any atom is 0.247 e. The predicted octanol–water partition coefficient (Wildman–Crippen LogP) is -0.392. The number of amides is 1. The van der Waals surface area contributed by atoms with Gasteiger partial charge in [0, 0.05) is 6.42 Å². The Labute approximate surface area is 35.1 Å². The lowest BCUT2D eigenvalue weighted by Crippen LogP contribution is -2.40. The lowest BCUT2D eigenvalue weighted by molar-refractivity contribution is -0.184. The van der Waals surface area contributed by atoms with Gasteiger partial charge in [0.2, 0.25) is 5.91 Å². The molecule has 1 aliphatic heterocycles. The first-order valence-electron chi connectivity index (χ1n) is 1.80. The van der Waals surface area contributed by atoms with Gasteiger partial charge < -0.3 is 0 Å². The number of hydroxylamine groups is 2. The first-order chi connectivity index (χ1) is 2.80. The van der Waals surface area contributed by atoms with Crippen LogP contribution in [-0.2, 0) is 4.79 Å². The summed E-state index contributed by atoms with van der Waals surface area (Å²) in [6.07, 6.45) is 0.510. The number of rotatable bonds is 0. The van der Waals surface area contributed by atoms with Gasteiger partial charge in [0.25, 0.3) is 0 Å². The van der Waals surface area contributed by atoms with Crippen molar-refractivity contribution in [1.29, 1.82) is 0 Å². The second-order valence-electron chi connectivity index (χ2n) is 1.27. The fourth-order valence-corrected chi connectivity index (χ4v) is 0.303. The molecule has 0 aromatic heterocycles. The van der Waals surface area contributed by atoms with Gasteiger partial charge in [-0.25, -0.2) is 5.06 Å². The molecule has 0 unspecified atom stereocenters. The highest BCUT2D eigenvalue weighted by Gasteiger charge is 2.20. The molecule has 3 nitrogen and oxygen atoms in total. The van der Waals surface area contributed by atoms with Gasteiger partial charge in [-0.15, -0.1) is 0 Å². The minimum atomic E-state index is -0.171. The molecule has 0 saturated carbocycles. The first-order valence-corrected chi connectivity index (χ1v) is 1.80. The second kappa shape index (κ2) is 0.944. The zero-order valence-electron chi connectivity index (χ0n) is 3.22. The van der Waals surface area contributed by atoms with Crippen molar-refractivity contribution in [3.63, 3.8) is 0 Å². The molecule has 1 fully saturated rings. The van der Waals surface area contributed by atoms with E-state index in [0.717, 1.165) is 0 Å². The Morgan fingerprint density at radius 1 is 1.83 bits per heavy atom. The molecule has 0 bridgehead atoms. The molecule has 0 radical (unpaired) electrons. The summed E-state index contributed by atoms with van der Waals surface area (Å²) in [5.74, 6) is -0.171. The van der Waals surface area contributed by atoms with Crippen LogP contribution in [0.15, 0.2) is 0 Å². The van der Waals surface area contributed by atoms with Crippen molar-refractivity contribution < 1.29 is 10.0 Å². The van der Waals surface area contributed by atoms with E-state index >= 15 is 0 Å². The van der Waals surface area contributed by atoms with Crippen molar-refractivity contribution >= 4 is 5.91 Å². The molecular formula is C3H5NO2. The van der Waals surface area contributed by atoms with Gasteiger partial charge >= 0.3 is 0 Å². The summed E-state index contributed by atoms with van der Waals surface area (Å²) in [6, 6.07) is 0. The summed E-state index contributed by atoms with van der Waals surface area (Å²) in [7, 11) is 0. The van der Waals surface area contributed by atoms with Gasteiger partial charge in [-0.2, -0.15) is 0 Å². The Morgan fingerprint density at radius 2 is 2.33 bits per heavy atom. The molecule has 1 aliphatic rings. The Hall–Kier alpha value is -0.570. The lowest BCUT2D eigenvalue weighted by Gasteiger charge is -2.22. The van der Waals surface area contributed by atoms with Crippen LogP contribution in [0.4, 0.5) is 0 Å². The van der Waals surface area contributed by atoms with Crippen molar-refractivity contribution in [3.8, 4) is 0 Å². The average molecular weight is 87.1 g/mol. The summed E-state index contributed by atoms with van der Waals surface area (Å²) in [4.78, 5) is 9.91. The van der Waals surface area contributed by atoms with Gasteiger partial charge in [-0.05, 0) is 0 Å². The van der Waals surface area contributed by atoms with Gasteiger partial charge in [0.15, 0.2) is 0 Å². The molecule has 0 aromatic rings. The van der Waals surface area contributed by atoms with E-state index in [1.165, 1.54) is 0 Å². The van der Waals surface area contributed by atoms with Crippen LogP contribution < -0.4 is 0 Å². The maximum absolute atomic E-state index is 9.91. The van der Waals surface area contributed by atoms with Crippen LogP contribution in [0.2, 0.25) is 0 Å².